The summed E-state index contributed by atoms with van der Waals surface area (Å²) in [4.78, 5) is 13.1. The summed E-state index contributed by atoms with van der Waals surface area (Å²) in [5, 5.41) is 2.51. The summed E-state index contributed by atoms with van der Waals surface area (Å²) >= 11 is 0. The summed E-state index contributed by atoms with van der Waals surface area (Å²) in [6, 6.07) is 5.06. The van der Waals surface area contributed by atoms with Crippen LogP contribution in [0.5, 0.6) is 0 Å². The minimum Gasteiger partial charge on any atom is -0.370 e. The van der Waals surface area contributed by atoms with Crippen LogP contribution in [0.1, 0.15) is 10.4 Å². The molecular formula is C15H23FN3O4S+. The Morgan fingerprint density at radius 2 is 1.83 bits per heavy atom. The Balaban J connectivity index is 1.66. The van der Waals surface area contributed by atoms with Crippen molar-refractivity contribution < 1.29 is 27.2 Å². The normalized spacial score (nSPS) is 16.0. The smallest absolute Gasteiger partial charge is 0.251 e. The highest BCUT2D eigenvalue weighted by Gasteiger charge is 2.16. The van der Waals surface area contributed by atoms with Crippen molar-refractivity contribution in [1.82, 2.24) is 10.0 Å². The van der Waals surface area contributed by atoms with Gasteiger partial charge in [0.1, 0.15) is 18.9 Å². The average Bonchev–Trinajstić information content (AvgIpc) is 2.56. The lowest BCUT2D eigenvalue weighted by Gasteiger charge is -2.23. The zero-order valence-electron chi connectivity index (χ0n) is 13.4. The zero-order valence-corrected chi connectivity index (χ0v) is 14.2. The molecule has 0 aromatic heterocycles. The third-order valence-corrected chi connectivity index (χ3v) is 5.15. The van der Waals surface area contributed by atoms with Crippen molar-refractivity contribution in [1.29, 1.82) is 0 Å². The Hall–Kier alpha value is -1.55. The molecule has 1 amide bonds. The Labute approximate surface area is 141 Å². The monoisotopic (exact) mass is 360 g/mol. The van der Waals surface area contributed by atoms with Gasteiger partial charge in [0.2, 0.25) is 10.0 Å². The van der Waals surface area contributed by atoms with Crippen molar-refractivity contribution in [2.75, 3.05) is 51.7 Å². The van der Waals surface area contributed by atoms with Gasteiger partial charge in [-0.3, -0.25) is 4.79 Å². The molecule has 7 nitrogen and oxygen atoms in total. The van der Waals surface area contributed by atoms with Crippen LogP contribution in [0.3, 0.4) is 0 Å². The third kappa shape index (κ3) is 6.52. The van der Waals surface area contributed by atoms with Gasteiger partial charge in [0.05, 0.1) is 32.1 Å². The van der Waals surface area contributed by atoms with Crippen molar-refractivity contribution >= 4 is 15.9 Å². The summed E-state index contributed by atoms with van der Waals surface area (Å²) in [6.07, 6.45) is 0. The fourth-order valence-electron chi connectivity index (χ4n) is 2.37. The van der Waals surface area contributed by atoms with E-state index in [0.29, 0.717) is 26.3 Å². The average molecular weight is 360 g/mol. The largest absolute Gasteiger partial charge is 0.370 e. The first kappa shape index (κ1) is 18.8. The van der Waals surface area contributed by atoms with E-state index in [0.717, 1.165) is 13.1 Å². The Morgan fingerprint density at radius 3 is 2.50 bits per heavy atom. The van der Waals surface area contributed by atoms with E-state index < -0.39 is 21.7 Å². The molecule has 2 rings (SSSR count). The van der Waals surface area contributed by atoms with Gasteiger partial charge in [-0.05, 0) is 24.3 Å². The van der Waals surface area contributed by atoms with E-state index in [1.54, 1.807) is 0 Å². The predicted molar refractivity (Wildman–Crippen MR) is 86.9 cm³/mol. The minimum atomic E-state index is -3.44. The lowest BCUT2D eigenvalue weighted by molar-refractivity contribution is -0.906. The molecule has 134 valence electrons. The first-order valence-electron chi connectivity index (χ1n) is 7.89. The maximum absolute atomic E-state index is 12.8. The quantitative estimate of drug-likeness (QED) is 0.520. The first-order valence-corrected chi connectivity index (χ1v) is 9.54. The summed E-state index contributed by atoms with van der Waals surface area (Å²) in [6.45, 7) is 4.25. The molecule has 0 aliphatic carbocycles. The maximum Gasteiger partial charge on any atom is 0.251 e. The van der Waals surface area contributed by atoms with Gasteiger partial charge in [-0.2, -0.15) is 0 Å². The van der Waals surface area contributed by atoms with Crippen molar-refractivity contribution in [2.45, 2.75) is 0 Å². The topological polar surface area (TPSA) is 88.9 Å². The van der Waals surface area contributed by atoms with Crippen LogP contribution in [0.2, 0.25) is 0 Å². The number of carbonyl (C=O) groups is 1. The van der Waals surface area contributed by atoms with E-state index in [1.807, 2.05) is 0 Å². The van der Waals surface area contributed by atoms with Gasteiger partial charge < -0.3 is 15.0 Å². The molecule has 1 aromatic rings. The van der Waals surface area contributed by atoms with Crippen molar-refractivity contribution in [3.05, 3.63) is 35.6 Å². The molecule has 24 heavy (non-hydrogen) atoms. The van der Waals surface area contributed by atoms with Gasteiger partial charge >= 0.3 is 0 Å². The first-order chi connectivity index (χ1) is 11.5. The van der Waals surface area contributed by atoms with E-state index in [2.05, 4.69) is 10.0 Å². The predicted octanol–water partition coefficient (Wildman–Crippen LogP) is -1.61. The molecule has 0 unspecified atom stereocenters. The fourth-order valence-corrected chi connectivity index (χ4v) is 3.30. The number of quaternary nitrogens is 1. The SMILES string of the molecule is O=C(NCCS(=O)(=O)NCC[NH+]1CCOCC1)c1ccc(F)cc1. The number of carbonyl (C=O) groups excluding carboxylic acids is 1. The molecule has 0 atom stereocenters. The van der Waals surface area contributed by atoms with Crippen LogP contribution < -0.4 is 14.9 Å². The number of morpholine rings is 1. The minimum absolute atomic E-state index is 0.00401. The second kappa shape index (κ2) is 9.07. The maximum atomic E-state index is 12.8. The molecule has 1 fully saturated rings. The highest BCUT2D eigenvalue weighted by atomic mass is 32.2. The molecule has 0 saturated carbocycles. The molecular weight excluding hydrogens is 337 g/mol. The molecule has 3 N–H and O–H groups in total. The molecule has 1 aromatic carbocycles. The number of benzene rings is 1. The van der Waals surface area contributed by atoms with Crippen LogP contribution >= 0.6 is 0 Å². The molecule has 1 aliphatic rings. The molecule has 9 heteroatoms. The number of sulfonamides is 1. The summed E-state index contributed by atoms with van der Waals surface area (Å²) in [5.41, 5.74) is 0.290. The second-order valence-corrected chi connectivity index (χ2v) is 7.51. The molecule has 0 radical (unpaired) electrons. The number of hydrogen-bond acceptors (Lipinski definition) is 4. The van der Waals surface area contributed by atoms with Gasteiger partial charge in [0.25, 0.3) is 5.91 Å². The van der Waals surface area contributed by atoms with Crippen LogP contribution in [0.4, 0.5) is 4.39 Å². The molecule has 0 bridgehead atoms. The highest BCUT2D eigenvalue weighted by Crippen LogP contribution is 2.02. The lowest BCUT2D eigenvalue weighted by atomic mass is 10.2. The lowest BCUT2D eigenvalue weighted by Crippen LogP contribution is -3.14. The van der Waals surface area contributed by atoms with Gasteiger partial charge in [-0.25, -0.2) is 17.5 Å². The van der Waals surface area contributed by atoms with E-state index in [4.69, 9.17) is 4.74 Å². The summed E-state index contributed by atoms with van der Waals surface area (Å²) in [7, 11) is -3.44. The Morgan fingerprint density at radius 1 is 1.17 bits per heavy atom. The molecule has 1 aliphatic heterocycles. The van der Waals surface area contributed by atoms with Gasteiger partial charge in [-0.15, -0.1) is 0 Å². The number of nitrogens with one attached hydrogen (secondary N) is 3. The number of ether oxygens (including phenoxy) is 1. The van der Waals surface area contributed by atoms with E-state index in [9.17, 15) is 17.6 Å². The van der Waals surface area contributed by atoms with Gasteiger partial charge in [0, 0.05) is 12.1 Å². The molecule has 1 heterocycles. The second-order valence-electron chi connectivity index (χ2n) is 5.59. The summed E-state index contributed by atoms with van der Waals surface area (Å²) in [5.74, 6) is -1.05. The summed E-state index contributed by atoms with van der Waals surface area (Å²) < 4.78 is 44.3. The van der Waals surface area contributed by atoms with Gasteiger partial charge in [-0.1, -0.05) is 0 Å². The standard InChI is InChI=1S/C15H22FN3O4S/c16-14-3-1-13(2-4-14)15(20)17-6-12-24(21,22)18-5-7-19-8-10-23-11-9-19/h1-4,18H,5-12H2,(H,17,20)/p+1. The molecule has 0 spiro atoms. The highest BCUT2D eigenvalue weighted by molar-refractivity contribution is 7.89. The fraction of sp³-hybridized carbons (Fsp3) is 0.533. The van der Waals surface area contributed by atoms with E-state index in [-0.39, 0.29) is 17.9 Å². The Bertz CT molecular complexity index is 631. The van der Waals surface area contributed by atoms with Crippen molar-refractivity contribution in [3.8, 4) is 0 Å². The van der Waals surface area contributed by atoms with Crippen molar-refractivity contribution in [2.24, 2.45) is 0 Å². The third-order valence-electron chi connectivity index (χ3n) is 3.76. The van der Waals surface area contributed by atoms with Crippen LogP contribution in [0.25, 0.3) is 0 Å². The van der Waals surface area contributed by atoms with Crippen molar-refractivity contribution in [3.63, 3.8) is 0 Å². The van der Waals surface area contributed by atoms with Crippen LogP contribution in [-0.2, 0) is 14.8 Å². The van der Waals surface area contributed by atoms with Crippen LogP contribution in [-0.4, -0.2) is 66.0 Å². The molecule has 1 saturated heterocycles. The number of hydrogen-bond donors (Lipinski definition) is 3. The van der Waals surface area contributed by atoms with Crippen LogP contribution in [0.15, 0.2) is 24.3 Å². The van der Waals surface area contributed by atoms with Crippen LogP contribution in [0, 0.1) is 5.82 Å². The van der Waals surface area contributed by atoms with Gasteiger partial charge in [0.15, 0.2) is 0 Å². The number of amides is 1. The van der Waals surface area contributed by atoms with E-state index in [1.165, 1.54) is 29.2 Å². The number of halogens is 1. The zero-order chi connectivity index (χ0) is 17.4. The Kier molecular flexibility index (Phi) is 7.10. The number of rotatable bonds is 8. The van der Waals surface area contributed by atoms with E-state index >= 15 is 0 Å².